The number of amides is 2. The van der Waals surface area contributed by atoms with Crippen molar-refractivity contribution in [2.45, 2.75) is 63.0 Å². The largest absolute Gasteiger partial charge is 0.477 e. The maximum absolute atomic E-state index is 13.3. The number of carbonyl (C=O) groups is 2. The number of likely N-dealkylation sites (tertiary alicyclic amines) is 1. The molecule has 0 bridgehead atoms. The summed E-state index contributed by atoms with van der Waals surface area (Å²) in [4.78, 5) is 31.8. The second kappa shape index (κ2) is 9.17. The predicted octanol–water partition coefficient (Wildman–Crippen LogP) is 2.95. The monoisotopic (exact) mass is 424 g/mol. The fourth-order valence-electron chi connectivity index (χ4n) is 5.07. The fourth-order valence-corrected chi connectivity index (χ4v) is 5.07. The summed E-state index contributed by atoms with van der Waals surface area (Å²) in [5.74, 6) is 0.539. The topological polar surface area (TPSA) is 76.9 Å². The molecule has 2 fully saturated rings. The van der Waals surface area contributed by atoms with Gasteiger partial charge in [-0.3, -0.25) is 9.59 Å². The first kappa shape index (κ1) is 21.5. The summed E-state index contributed by atoms with van der Waals surface area (Å²) in [5.41, 5.74) is 0.103. The maximum Gasteiger partial charge on any atom is 0.265 e. The number of likely N-dealkylation sites (N-methyl/N-ethyl adjacent to an activating group) is 1. The molecule has 1 atom stereocenters. The van der Waals surface area contributed by atoms with E-state index in [2.05, 4.69) is 6.07 Å². The Morgan fingerprint density at radius 1 is 1.13 bits per heavy atom. The molecule has 1 saturated heterocycles. The van der Waals surface area contributed by atoms with Gasteiger partial charge in [0.05, 0.1) is 24.8 Å². The Morgan fingerprint density at radius 3 is 2.52 bits per heavy atom. The third-order valence-electron chi connectivity index (χ3n) is 7.04. The number of fused-ring (bicyclic) bond motifs is 1. The number of nitrogens with zero attached hydrogens (tertiary/aromatic N) is 4. The van der Waals surface area contributed by atoms with Gasteiger partial charge < -0.3 is 19.4 Å². The van der Waals surface area contributed by atoms with Crippen LogP contribution in [0.3, 0.4) is 0 Å². The molecule has 1 aromatic rings. The average molecular weight is 425 g/mol. The van der Waals surface area contributed by atoms with Crippen LogP contribution in [0.1, 0.15) is 51.4 Å². The molecule has 1 aliphatic carbocycles. The second-order valence-corrected chi connectivity index (χ2v) is 9.00. The van der Waals surface area contributed by atoms with Crippen molar-refractivity contribution in [1.82, 2.24) is 9.80 Å². The van der Waals surface area contributed by atoms with Gasteiger partial charge in [-0.05, 0) is 44.2 Å². The molecule has 7 nitrogen and oxygen atoms in total. The summed E-state index contributed by atoms with van der Waals surface area (Å²) in [6.07, 6.45) is 7.09. The van der Waals surface area contributed by atoms with Crippen molar-refractivity contribution in [3.63, 3.8) is 0 Å². The normalized spacial score (nSPS) is 22.6. The molecule has 0 N–H and O–H groups in total. The molecule has 166 valence electrons. The summed E-state index contributed by atoms with van der Waals surface area (Å²) in [7, 11) is 1.75. The van der Waals surface area contributed by atoms with E-state index in [-0.39, 0.29) is 18.4 Å². The minimum absolute atomic E-state index is 0.000724. The van der Waals surface area contributed by atoms with Crippen LogP contribution in [0.2, 0.25) is 0 Å². The standard InChI is InChI=1S/C24H32N4O3/c1-26(24(18-25)12-6-2-7-13-24)22(29)17-28-16-21(23(30)27-14-8-3-9-15-27)31-20-11-5-4-10-19(20)28/h4-5,10-11,21H,2-3,6-9,12-17H2,1H3/t21-/m1/s1. The van der Waals surface area contributed by atoms with Crippen LogP contribution in [0.25, 0.3) is 0 Å². The number of benzene rings is 1. The van der Waals surface area contributed by atoms with Gasteiger partial charge in [0.25, 0.3) is 5.91 Å². The van der Waals surface area contributed by atoms with E-state index in [1.54, 1.807) is 11.9 Å². The van der Waals surface area contributed by atoms with Crippen molar-refractivity contribution >= 4 is 17.5 Å². The quantitative estimate of drug-likeness (QED) is 0.743. The number of para-hydroxylation sites is 2. The lowest BCUT2D eigenvalue weighted by Crippen LogP contribution is -2.56. The van der Waals surface area contributed by atoms with Gasteiger partial charge >= 0.3 is 0 Å². The summed E-state index contributed by atoms with van der Waals surface area (Å²) >= 11 is 0. The predicted molar refractivity (Wildman–Crippen MR) is 118 cm³/mol. The van der Waals surface area contributed by atoms with Gasteiger partial charge in [-0.2, -0.15) is 5.26 Å². The van der Waals surface area contributed by atoms with Crippen LogP contribution in [-0.2, 0) is 9.59 Å². The molecule has 1 saturated carbocycles. The van der Waals surface area contributed by atoms with Crippen LogP contribution in [-0.4, -0.2) is 66.5 Å². The Labute approximate surface area is 184 Å². The Hall–Kier alpha value is -2.75. The molecular weight excluding hydrogens is 392 g/mol. The lowest BCUT2D eigenvalue weighted by molar-refractivity contribution is -0.140. The lowest BCUT2D eigenvalue weighted by Gasteiger charge is -2.41. The zero-order valence-electron chi connectivity index (χ0n) is 18.4. The van der Waals surface area contributed by atoms with Gasteiger partial charge in [0.1, 0.15) is 11.3 Å². The molecule has 2 amide bonds. The highest BCUT2D eigenvalue weighted by Crippen LogP contribution is 2.35. The lowest BCUT2D eigenvalue weighted by atomic mass is 9.81. The van der Waals surface area contributed by atoms with Crippen LogP contribution >= 0.6 is 0 Å². The number of hydrogen-bond donors (Lipinski definition) is 0. The van der Waals surface area contributed by atoms with E-state index in [1.807, 2.05) is 34.1 Å². The smallest absolute Gasteiger partial charge is 0.265 e. The minimum atomic E-state index is -0.718. The van der Waals surface area contributed by atoms with E-state index < -0.39 is 11.6 Å². The van der Waals surface area contributed by atoms with Crippen LogP contribution < -0.4 is 9.64 Å². The van der Waals surface area contributed by atoms with E-state index in [4.69, 9.17) is 4.74 Å². The Bertz CT molecular complexity index is 853. The van der Waals surface area contributed by atoms with E-state index >= 15 is 0 Å². The van der Waals surface area contributed by atoms with Crippen molar-refractivity contribution in [3.8, 4) is 11.8 Å². The highest BCUT2D eigenvalue weighted by atomic mass is 16.5. The average Bonchev–Trinajstić information content (AvgIpc) is 2.83. The van der Waals surface area contributed by atoms with E-state index in [9.17, 15) is 14.9 Å². The number of hydrogen-bond acceptors (Lipinski definition) is 5. The molecule has 7 heteroatoms. The van der Waals surface area contributed by atoms with Gasteiger partial charge in [-0.25, -0.2) is 0 Å². The number of rotatable bonds is 4. The van der Waals surface area contributed by atoms with Crippen molar-refractivity contribution in [3.05, 3.63) is 24.3 Å². The number of piperidine rings is 1. The first-order chi connectivity index (χ1) is 15.0. The molecule has 0 unspecified atom stereocenters. The Kier molecular flexibility index (Phi) is 6.35. The zero-order valence-corrected chi connectivity index (χ0v) is 18.4. The van der Waals surface area contributed by atoms with Crippen molar-refractivity contribution in [2.75, 3.05) is 38.1 Å². The molecule has 4 rings (SSSR count). The van der Waals surface area contributed by atoms with Crippen LogP contribution in [0.5, 0.6) is 5.75 Å². The number of anilines is 1. The minimum Gasteiger partial charge on any atom is -0.477 e. The third-order valence-corrected chi connectivity index (χ3v) is 7.04. The van der Waals surface area contributed by atoms with Crippen molar-refractivity contribution in [2.24, 2.45) is 0 Å². The highest BCUT2D eigenvalue weighted by molar-refractivity contribution is 5.86. The molecule has 1 aromatic carbocycles. The van der Waals surface area contributed by atoms with Crippen LogP contribution in [0.4, 0.5) is 5.69 Å². The first-order valence-electron chi connectivity index (χ1n) is 11.5. The molecule has 0 radical (unpaired) electrons. The van der Waals surface area contributed by atoms with Gasteiger partial charge in [0.15, 0.2) is 6.10 Å². The molecule has 0 spiro atoms. The summed E-state index contributed by atoms with van der Waals surface area (Å²) < 4.78 is 6.07. The third kappa shape index (κ3) is 4.34. The SMILES string of the molecule is CN(C(=O)CN1C[C@H](C(=O)N2CCCCC2)Oc2ccccc21)C1(C#N)CCCCC1. The Morgan fingerprint density at radius 2 is 1.81 bits per heavy atom. The number of carbonyl (C=O) groups excluding carboxylic acids is 2. The van der Waals surface area contributed by atoms with Crippen molar-refractivity contribution < 1.29 is 14.3 Å². The van der Waals surface area contributed by atoms with Crippen molar-refractivity contribution in [1.29, 1.82) is 5.26 Å². The summed E-state index contributed by atoms with van der Waals surface area (Å²) in [6.45, 7) is 2.01. The van der Waals surface area contributed by atoms with Crippen LogP contribution in [0.15, 0.2) is 24.3 Å². The van der Waals surface area contributed by atoms with Gasteiger partial charge in [0.2, 0.25) is 5.91 Å². The summed E-state index contributed by atoms with van der Waals surface area (Å²) in [6, 6.07) is 9.99. The van der Waals surface area contributed by atoms with Crippen LogP contribution in [0, 0.1) is 11.3 Å². The van der Waals surface area contributed by atoms with E-state index in [1.165, 1.54) is 0 Å². The van der Waals surface area contributed by atoms with Gasteiger partial charge in [0, 0.05) is 20.1 Å². The molecule has 2 heterocycles. The number of ether oxygens (including phenoxy) is 1. The molecule has 0 aromatic heterocycles. The molecule has 2 aliphatic heterocycles. The fraction of sp³-hybridized carbons (Fsp3) is 0.625. The van der Waals surface area contributed by atoms with Gasteiger partial charge in [-0.15, -0.1) is 0 Å². The molecule has 3 aliphatic rings. The van der Waals surface area contributed by atoms with E-state index in [0.717, 1.165) is 70.1 Å². The number of nitriles is 1. The highest BCUT2D eigenvalue weighted by Gasteiger charge is 2.40. The zero-order chi connectivity index (χ0) is 21.8. The maximum atomic E-state index is 13.3. The first-order valence-corrected chi connectivity index (χ1v) is 11.5. The Balaban J connectivity index is 1.51. The summed E-state index contributed by atoms with van der Waals surface area (Å²) in [5, 5.41) is 9.86. The van der Waals surface area contributed by atoms with E-state index in [0.29, 0.717) is 12.3 Å². The molecular formula is C24H32N4O3. The molecule has 31 heavy (non-hydrogen) atoms. The second-order valence-electron chi connectivity index (χ2n) is 9.00. The van der Waals surface area contributed by atoms with Gasteiger partial charge in [-0.1, -0.05) is 31.4 Å².